The highest BCUT2D eigenvalue weighted by Gasteiger charge is 2.17. The van der Waals surface area contributed by atoms with E-state index in [1.165, 1.54) is 26.4 Å². The molecule has 0 saturated carbocycles. The number of benzene rings is 1. The number of carbonyl (C=O) groups is 1. The van der Waals surface area contributed by atoms with E-state index in [4.69, 9.17) is 20.3 Å². The van der Waals surface area contributed by atoms with Gasteiger partial charge in [0.2, 0.25) is 0 Å². The normalized spacial score (nSPS) is 11.8. The Labute approximate surface area is 112 Å². The van der Waals surface area contributed by atoms with E-state index in [2.05, 4.69) is 5.32 Å². The fourth-order valence-corrected chi connectivity index (χ4v) is 1.63. The quantitative estimate of drug-likeness (QED) is 0.663. The van der Waals surface area contributed by atoms with Crippen LogP contribution >= 0.6 is 0 Å². The molecule has 1 amide bonds. The molecule has 0 aromatic heterocycles. The Bertz CT molecular complexity index is 445. The molecule has 0 bridgehead atoms. The SMILES string of the molecule is CC[C@@H](CO)NC(=O)c1cc(OC)c(OC)cc1N. The maximum atomic E-state index is 12.1. The lowest BCUT2D eigenvalue weighted by Crippen LogP contribution is -2.37. The summed E-state index contributed by atoms with van der Waals surface area (Å²) in [4.78, 5) is 12.1. The van der Waals surface area contributed by atoms with Gasteiger partial charge < -0.3 is 25.6 Å². The van der Waals surface area contributed by atoms with Gasteiger partial charge in [-0.1, -0.05) is 6.92 Å². The summed E-state index contributed by atoms with van der Waals surface area (Å²) in [6.07, 6.45) is 0.634. The molecule has 0 heterocycles. The van der Waals surface area contributed by atoms with Crippen molar-refractivity contribution in [1.82, 2.24) is 5.32 Å². The van der Waals surface area contributed by atoms with Gasteiger partial charge in [0.15, 0.2) is 11.5 Å². The molecule has 1 rings (SSSR count). The van der Waals surface area contributed by atoms with E-state index >= 15 is 0 Å². The summed E-state index contributed by atoms with van der Waals surface area (Å²) < 4.78 is 10.2. The summed E-state index contributed by atoms with van der Waals surface area (Å²) in [5.41, 5.74) is 6.41. The summed E-state index contributed by atoms with van der Waals surface area (Å²) in [6.45, 7) is 1.76. The average Bonchev–Trinajstić information content (AvgIpc) is 2.43. The first-order valence-electron chi connectivity index (χ1n) is 6.00. The van der Waals surface area contributed by atoms with Crippen LogP contribution in [0.1, 0.15) is 23.7 Å². The lowest BCUT2D eigenvalue weighted by atomic mass is 10.1. The van der Waals surface area contributed by atoms with Crippen LogP contribution in [0.15, 0.2) is 12.1 Å². The van der Waals surface area contributed by atoms with Gasteiger partial charge in [-0.25, -0.2) is 0 Å². The van der Waals surface area contributed by atoms with Crippen molar-refractivity contribution < 1.29 is 19.4 Å². The van der Waals surface area contributed by atoms with Gasteiger partial charge in [0, 0.05) is 11.8 Å². The minimum absolute atomic E-state index is 0.116. The molecule has 0 aliphatic heterocycles. The van der Waals surface area contributed by atoms with Gasteiger partial charge in [0.05, 0.1) is 32.4 Å². The monoisotopic (exact) mass is 268 g/mol. The van der Waals surface area contributed by atoms with Crippen LogP contribution < -0.4 is 20.5 Å². The Balaban J connectivity index is 3.03. The predicted molar refractivity (Wildman–Crippen MR) is 72.6 cm³/mol. The number of nitrogens with one attached hydrogen (secondary N) is 1. The number of hydrogen-bond acceptors (Lipinski definition) is 5. The fraction of sp³-hybridized carbons (Fsp3) is 0.462. The lowest BCUT2D eigenvalue weighted by Gasteiger charge is -2.16. The third kappa shape index (κ3) is 3.51. The number of carbonyl (C=O) groups excluding carboxylic acids is 1. The molecular formula is C13H20N2O4. The summed E-state index contributed by atoms with van der Waals surface area (Å²) in [5.74, 6) is 0.545. The maximum Gasteiger partial charge on any atom is 0.253 e. The molecule has 1 aromatic carbocycles. The van der Waals surface area contributed by atoms with Crippen LogP contribution in [-0.4, -0.2) is 37.9 Å². The molecule has 0 saturated heterocycles. The van der Waals surface area contributed by atoms with Crippen molar-refractivity contribution in [3.8, 4) is 11.5 Å². The van der Waals surface area contributed by atoms with Crippen molar-refractivity contribution in [1.29, 1.82) is 0 Å². The highest BCUT2D eigenvalue weighted by atomic mass is 16.5. The van der Waals surface area contributed by atoms with Crippen LogP contribution in [0.4, 0.5) is 5.69 Å². The third-order valence-electron chi connectivity index (χ3n) is 2.85. The summed E-state index contributed by atoms with van der Waals surface area (Å²) in [5, 5.41) is 11.8. The van der Waals surface area contributed by atoms with Crippen molar-refractivity contribution in [2.45, 2.75) is 19.4 Å². The standard InChI is InChI=1S/C13H20N2O4/c1-4-8(7-16)15-13(17)9-5-11(18-2)12(19-3)6-10(9)14/h5-6,8,16H,4,7,14H2,1-3H3,(H,15,17)/t8-/m0/s1. The molecular weight excluding hydrogens is 248 g/mol. The lowest BCUT2D eigenvalue weighted by molar-refractivity contribution is 0.0915. The average molecular weight is 268 g/mol. The number of aliphatic hydroxyl groups excluding tert-OH is 1. The number of nitrogen functional groups attached to an aromatic ring is 1. The van der Waals surface area contributed by atoms with Gasteiger partial charge >= 0.3 is 0 Å². The van der Waals surface area contributed by atoms with Crippen LogP contribution in [0, 0.1) is 0 Å². The van der Waals surface area contributed by atoms with Gasteiger partial charge in [0.1, 0.15) is 0 Å². The second-order valence-electron chi connectivity index (χ2n) is 4.06. The Morgan fingerprint density at radius 1 is 1.37 bits per heavy atom. The molecule has 19 heavy (non-hydrogen) atoms. The van der Waals surface area contributed by atoms with E-state index in [0.29, 0.717) is 29.2 Å². The number of rotatable bonds is 6. The predicted octanol–water partition coefficient (Wildman–Crippen LogP) is 0.787. The van der Waals surface area contributed by atoms with Crippen molar-refractivity contribution in [2.75, 3.05) is 26.6 Å². The molecule has 0 aliphatic rings. The van der Waals surface area contributed by atoms with Gasteiger partial charge in [-0.3, -0.25) is 4.79 Å². The molecule has 4 N–H and O–H groups in total. The summed E-state index contributed by atoms with van der Waals surface area (Å²) >= 11 is 0. The van der Waals surface area contributed by atoms with Crippen LogP contribution in [0.5, 0.6) is 11.5 Å². The Morgan fingerprint density at radius 2 is 1.95 bits per heavy atom. The second-order valence-corrected chi connectivity index (χ2v) is 4.06. The van der Waals surface area contributed by atoms with E-state index in [0.717, 1.165) is 0 Å². The molecule has 1 aromatic rings. The first-order chi connectivity index (χ1) is 9.07. The van der Waals surface area contributed by atoms with Gasteiger partial charge in [-0.05, 0) is 12.5 Å². The van der Waals surface area contributed by atoms with E-state index in [-0.39, 0.29) is 18.6 Å². The molecule has 1 atom stereocenters. The van der Waals surface area contributed by atoms with E-state index in [1.54, 1.807) is 0 Å². The van der Waals surface area contributed by atoms with Gasteiger partial charge in [-0.2, -0.15) is 0 Å². The topological polar surface area (TPSA) is 93.8 Å². The first-order valence-corrected chi connectivity index (χ1v) is 6.00. The largest absolute Gasteiger partial charge is 0.493 e. The van der Waals surface area contributed by atoms with Crippen molar-refractivity contribution >= 4 is 11.6 Å². The molecule has 6 heteroatoms. The highest BCUT2D eigenvalue weighted by Crippen LogP contribution is 2.31. The zero-order chi connectivity index (χ0) is 14.4. The second kappa shape index (κ2) is 6.84. The van der Waals surface area contributed by atoms with Crippen LogP contribution in [0.25, 0.3) is 0 Å². The number of aliphatic hydroxyl groups is 1. The summed E-state index contributed by atoms with van der Waals surface area (Å²) in [7, 11) is 2.98. The van der Waals surface area contributed by atoms with Crippen LogP contribution in [-0.2, 0) is 0 Å². The van der Waals surface area contributed by atoms with Gasteiger partial charge in [-0.15, -0.1) is 0 Å². The Kier molecular flexibility index (Phi) is 5.44. The number of methoxy groups -OCH3 is 2. The number of hydrogen-bond donors (Lipinski definition) is 3. The summed E-state index contributed by atoms with van der Waals surface area (Å²) in [6, 6.07) is 2.77. The van der Waals surface area contributed by atoms with E-state index in [9.17, 15) is 4.79 Å². The molecule has 106 valence electrons. The minimum atomic E-state index is -0.348. The molecule has 0 aliphatic carbocycles. The molecule has 0 fully saturated rings. The van der Waals surface area contributed by atoms with Crippen molar-refractivity contribution in [3.05, 3.63) is 17.7 Å². The maximum absolute atomic E-state index is 12.1. The zero-order valence-corrected chi connectivity index (χ0v) is 11.4. The zero-order valence-electron chi connectivity index (χ0n) is 11.4. The van der Waals surface area contributed by atoms with Gasteiger partial charge in [0.25, 0.3) is 5.91 Å². The number of anilines is 1. The highest BCUT2D eigenvalue weighted by molar-refractivity contribution is 6.00. The molecule has 0 radical (unpaired) electrons. The number of ether oxygens (including phenoxy) is 2. The minimum Gasteiger partial charge on any atom is -0.493 e. The van der Waals surface area contributed by atoms with E-state index in [1.807, 2.05) is 6.92 Å². The Hall–Kier alpha value is -1.95. The number of nitrogens with two attached hydrogens (primary N) is 1. The van der Waals surface area contributed by atoms with Crippen molar-refractivity contribution in [3.63, 3.8) is 0 Å². The van der Waals surface area contributed by atoms with E-state index < -0.39 is 0 Å². The molecule has 0 unspecified atom stereocenters. The smallest absolute Gasteiger partial charge is 0.253 e. The van der Waals surface area contributed by atoms with Crippen molar-refractivity contribution in [2.24, 2.45) is 0 Å². The first kappa shape index (κ1) is 15.1. The molecule has 6 nitrogen and oxygen atoms in total. The van der Waals surface area contributed by atoms with Crippen LogP contribution in [0.2, 0.25) is 0 Å². The third-order valence-corrected chi connectivity index (χ3v) is 2.85. The fourth-order valence-electron chi connectivity index (χ4n) is 1.63. The Morgan fingerprint density at radius 3 is 2.42 bits per heavy atom. The number of amides is 1. The van der Waals surface area contributed by atoms with Crippen LogP contribution in [0.3, 0.4) is 0 Å². The molecule has 0 spiro atoms.